The normalized spacial score (nSPS) is 22.4. The van der Waals surface area contributed by atoms with Crippen LogP contribution in [0, 0.1) is 0 Å². The van der Waals surface area contributed by atoms with Gasteiger partial charge in [0.05, 0.1) is 6.54 Å². The number of nitrogens with two attached hydrogens (primary N) is 3. The van der Waals surface area contributed by atoms with Crippen LogP contribution in [-0.2, 0) is 28.9 Å². The lowest BCUT2D eigenvalue weighted by atomic mass is 10.2. The Kier molecular flexibility index (Phi) is 3.63. The number of amides is 1. The molecule has 0 radical (unpaired) electrons. The van der Waals surface area contributed by atoms with E-state index in [4.69, 9.17) is 10.6 Å². The topological polar surface area (TPSA) is 160 Å². The molecule has 10 nitrogen and oxygen atoms in total. The van der Waals surface area contributed by atoms with Crippen molar-refractivity contribution in [2.75, 3.05) is 6.54 Å². The Balaban J connectivity index is 2.76. The van der Waals surface area contributed by atoms with E-state index in [1.54, 1.807) is 0 Å². The molecule has 1 aliphatic heterocycles. The number of hydroxylamine groups is 2. The fourth-order valence-corrected chi connectivity index (χ4v) is 1.15. The smallest absolute Gasteiger partial charge is 0.360 e. The molecule has 0 spiro atoms. The number of rotatable bonds is 5. The summed E-state index contributed by atoms with van der Waals surface area (Å²) in [4.78, 5) is 46.2. The lowest BCUT2D eigenvalue weighted by Gasteiger charge is -2.14. The molecule has 1 saturated heterocycles. The molecule has 0 aromatic heterocycles. The number of primary amides is 1. The fraction of sp³-hybridized carbons (Fsp3) is 0.571. The summed E-state index contributed by atoms with van der Waals surface area (Å²) in [6.07, 6.45) is -1.03. The molecular formula is C7H12N4O6. The van der Waals surface area contributed by atoms with Crippen LogP contribution in [0.15, 0.2) is 0 Å². The van der Waals surface area contributed by atoms with Crippen molar-refractivity contribution in [2.24, 2.45) is 17.5 Å². The van der Waals surface area contributed by atoms with Crippen molar-refractivity contribution in [3.05, 3.63) is 0 Å². The second kappa shape index (κ2) is 4.63. The predicted molar refractivity (Wildman–Crippen MR) is 49.7 cm³/mol. The highest BCUT2D eigenvalue weighted by Gasteiger charge is 2.70. The molecule has 1 rings (SSSR count). The molecule has 0 saturated carbocycles. The van der Waals surface area contributed by atoms with Gasteiger partial charge in [-0.3, -0.25) is 9.63 Å². The third-order valence-corrected chi connectivity index (χ3v) is 2.27. The molecule has 1 aliphatic rings. The van der Waals surface area contributed by atoms with Gasteiger partial charge in [-0.15, -0.1) is 0 Å². The number of hydrogen-bond acceptors (Lipinski definition) is 9. The predicted octanol–water partition coefficient (Wildman–Crippen LogP) is -3.32. The fourth-order valence-electron chi connectivity index (χ4n) is 1.15. The van der Waals surface area contributed by atoms with Gasteiger partial charge in [0.2, 0.25) is 5.91 Å². The van der Waals surface area contributed by atoms with Crippen LogP contribution >= 0.6 is 0 Å². The summed E-state index contributed by atoms with van der Waals surface area (Å²) in [6, 6.07) is 0. The molecule has 0 aliphatic carbocycles. The van der Waals surface area contributed by atoms with Crippen LogP contribution in [0.4, 0.5) is 0 Å². The highest BCUT2D eigenvalue weighted by Crippen LogP contribution is 2.35. The van der Waals surface area contributed by atoms with Crippen LogP contribution in [0.25, 0.3) is 0 Å². The molecule has 2 atom stereocenters. The van der Waals surface area contributed by atoms with Crippen molar-refractivity contribution in [1.29, 1.82) is 0 Å². The van der Waals surface area contributed by atoms with E-state index in [2.05, 4.69) is 21.5 Å². The minimum atomic E-state index is -1.87. The molecular weight excluding hydrogens is 236 g/mol. The van der Waals surface area contributed by atoms with Crippen LogP contribution in [0.5, 0.6) is 0 Å². The van der Waals surface area contributed by atoms with Crippen molar-refractivity contribution in [2.45, 2.75) is 18.6 Å². The quantitative estimate of drug-likeness (QED) is 0.257. The Morgan fingerprint density at radius 3 is 2.06 bits per heavy atom. The molecule has 6 N–H and O–H groups in total. The summed E-state index contributed by atoms with van der Waals surface area (Å²) in [5.41, 5.74) is 3.08. The molecule has 1 heterocycles. The average molecular weight is 248 g/mol. The van der Waals surface area contributed by atoms with Crippen LogP contribution in [-0.4, -0.2) is 41.1 Å². The van der Waals surface area contributed by atoms with Gasteiger partial charge in [0.25, 0.3) is 5.54 Å². The number of hydrogen-bond donors (Lipinski definition) is 3. The summed E-state index contributed by atoms with van der Waals surface area (Å²) in [5.74, 6) is 6.36. The Bertz CT molecular complexity index is 342. The number of carbonyl (C=O) groups is 3. The van der Waals surface area contributed by atoms with Gasteiger partial charge < -0.3 is 15.4 Å². The molecule has 17 heavy (non-hydrogen) atoms. The lowest BCUT2D eigenvalue weighted by Crippen LogP contribution is -2.44. The minimum Gasteiger partial charge on any atom is -0.371 e. The Morgan fingerprint density at radius 1 is 1.24 bits per heavy atom. The van der Waals surface area contributed by atoms with Crippen molar-refractivity contribution < 1.29 is 28.9 Å². The molecule has 1 unspecified atom stereocenters. The highest BCUT2D eigenvalue weighted by molar-refractivity contribution is 6.08. The lowest BCUT2D eigenvalue weighted by molar-refractivity contribution is -0.184. The number of carbonyl (C=O) groups excluding carboxylic acids is 3. The monoisotopic (exact) mass is 248 g/mol. The molecule has 0 bridgehead atoms. The highest BCUT2D eigenvalue weighted by atomic mass is 16.7. The molecule has 10 heteroatoms. The van der Waals surface area contributed by atoms with E-state index in [1.807, 2.05) is 0 Å². The Labute approximate surface area is 95.4 Å². The van der Waals surface area contributed by atoms with Gasteiger partial charge in [0, 0.05) is 0 Å². The summed E-state index contributed by atoms with van der Waals surface area (Å²) < 4.78 is 0. The maximum Gasteiger partial charge on any atom is 0.360 e. The van der Waals surface area contributed by atoms with Crippen molar-refractivity contribution in [3.8, 4) is 0 Å². The summed E-state index contributed by atoms with van der Waals surface area (Å²) in [7, 11) is 0. The SMILES string of the molecule is C[C@H](ON1CC1(C(=O)ON)C(=O)ON)C(N)=O. The second-order valence-electron chi connectivity index (χ2n) is 3.36. The Morgan fingerprint density at radius 2 is 1.71 bits per heavy atom. The van der Waals surface area contributed by atoms with E-state index in [0.29, 0.717) is 0 Å². The minimum absolute atomic E-state index is 0.198. The zero-order chi connectivity index (χ0) is 13.2. The standard InChI is InChI=1S/C7H12N4O6/c1-3(4(8)12)17-11-2-7(11,5(13)15-9)6(14)16-10/h3H,2,9-10H2,1H3,(H2,8,12)/t3-,11?/m0/s1. The molecule has 0 aromatic carbocycles. The van der Waals surface area contributed by atoms with Gasteiger partial charge in [-0.05, 0) is 6.92 Å². The van der Waals surface area contributed by atoms with Crippen molar-refractivity contribution in [3.63, 3.8) is 0 Å². The third kappa shape index (κ3) is 2.19. The van der Waals surface area contributed by atoms with E-state index in [9.17, 15) is 14.4 Å². The van der Waals surface area contributed by atoms with Crippen LogP contribution in [0.2, 0.25) is 0 Å². The first-order chi connectivity index (χ1) is 7.90. The van der Waals surface area contributed by atoms with E-state index < -0.39 is 29.5 Å². The van der Waals surface area contributed by atoms with Crippen molar-refractivity contribution >= 4 is 17.8 Å². The van der Waals surface area contributed by atoms with Gasteiger partial charge in [0.1, 0.15) is 0 Å². The molecule has 1 amide bonds. The summed E-state index contributed by atoms with van der Waals surface area (Å²) in [6.45, 7) is 1.14. The van der Waals surface area contributed by atoms with E-state index in [1.165, 1.54) is 6.92 Å². The maximum absolute atomic E-state index is 11.3. The van der Waals surface area contributed by atoms with E-state index >= 15 is 0 Å². The molecule has 0 aromatic rings. The van der Waals surface area contributed by atoms with Gasteiger partial charge in [0.15, 0.2) is 6.10 Å². The van der Waals surface area contributed by atoms with Crippen LogP contribution < -0.4 is 17.5 Å². The van der Waals surface area contributed by atoms with Gasteiger partial charge in [-0.25, -0.2) is 9.59 Å². The summed E-state index contributed by atoms with van der Waals surface area (Å²) in [5, 5.41) is 0.854. The number of nitrogens with zero attached hydrogens (tertiary/aromatic N) is 1. The largest absolute Gasteiger partial charge is 0.371 e. The van der Waals surface area contributed by atoms with Gasteiger partial charge >= 0.3 is 11.9 Å². The van der Waals surface area contributed by atoms with E-state index in [0.717, 1.165) is 5.06 Å². The third-order valence-electron chi connectivity index (χ3n) is 2.27. The first kappa shape index (κ1) is 13.3. The zero-order valence-corrected chi connectivity index (χ0v) is 8.91. The first-order valence-corrected chi connectivity index (χ1v) is 4.46. The average Bonchev–Trinajstić information content (AvgIpc) is 3.02. The Hall–Kier alpha value is -1.75. The summed E-state index contributed by atoms with van der Waals surface area (Å²) >= 11 is 0. The first-order valence-electron chi connectivity index (χ1n) is 4.46. The van der Waals surface area contributed by atoms with Gasteiger partial charge in [-0.1, -0.05) is 0 Å². The molecule has 96 valence electrons. The van der Waals surface area contributed by atoms with Crippen molar-refractivity contribution in [1.82, 2.24) is 5.06 Å². The second-order valence-corrected chi connectivity index (χ2v) is 3.36. The van der Waals surface area contributed by atoms with E-state index in [-0.39, 0.29) is 6.54 Å². The zero-order valence-electron chi connectivity index (χ0n) is 8.91. The van der Waals surface area contributed by atoms with Crippen LogP contribution in [0.1, 0.15) is 6.92 Å². The van der Waals surface area contributed by atoms with Crippen LogP contribution in [0.3, 0.4) is 0 Å². The molecule has 1 fully saturated rings. The van der Waals surface area contributed by atoms with Gasteiger partial charge in [-0.2, -0.15) is 16.9 Å². The maximum atomic E-state index is 11.3.